The molecule has 132 valence electrons. The molecule has 4 N–H and O–H groups in total. The van der Waals surface area contributed by atoms with E-state index in [1.807, 2.05) is 30.3 Å². The van der Waals surface area contributed by atoms with Crippen LogP contribution in [0.2, 0.25) is 0 Å². The van der Waals surface area contributed by atoms with Gasteiger partial charge in [-0.1, -0.05) is 43.2 Å². The zero-order valence-electron chi connectivity index (χ0n) is 13.8. The Morgan fingerprint density at radius 2 is 1.83 bits per heavy atom. The fourth-order valence-corrected chi connectivity index (χ4v) is 3.26. The van der Waals surface area contributed by atoms with E-state index in [-0.39, 0.29) is 25.1 Å². The molecule has 24 heavy (non-hydrogen) atoms. The molecular weight excluding hydrogens is 308 g/mol. The van der Waals surface area contributed by atoms with Crippen LogP contribution in [0.3, 0.4) is 0 Å². The molecule has 0 saturated heterocycles. The number of carboxylic acid groups (broad SMARTS) is 1. The first kappa shape index (κ1) is 18.3. The topological polar surface area (TPSA) is 98.7 Å². The minimum atomic E-state index is -0.877. The molecule has 0 spiro atoms. The van der Waals surface area contributed by atoms with Gasteiger partial charge in [-0.2, -0.15) is 0 Å². The summed E-state index contributed by atoms with van der Waals surface area (Å²) in [6.07, 6.45) is 4.48. The molecule has 0 heterocycles. The molecule has 1 aromatic rings. The van der Waals surface area contributed by atoms with Crippen molar-refractivity contribution in [1.82, 2.24) is 10.6 Å². The summed E-state index contributed by atoms with van der Waals surface area (Å²) in [5, 5.41) is 24.3. The van der Waals surface area contributed by atoms with Gasteiger partial charge >= 0.3 is 12.0 Å². The fourth-order valence-electron chi connectivity index (χ4n) is 3.26. The minimum absolute atomic E-state index is 0.00290. The van der Waals surface area contributed by atoms with Crippen LogP contribution in [0.5, 0.6) is 0 Å². The van der Waals surface area contributed by atoms with E-state index in [0.29, 0.717) is 12.8 Å². The van der Waals surface area contributed by atoms with Gasteiger partial charge in [0.2, 0.25) is 0 Å². The van der Waals surface area contributed by atoms with E-state index >= 15 is 0 Å². The van der Waals surface area contributed by atoms with E-state index in [2.05, 4.69) is 10.6 Å². The van der Waals surface area contributed by atoms with Crippen LogP contribution in [0, 0.1) is 0 Å². The van der Waals surface area contributed by atoms with Crippen LogP contribution < -0.4 is 10.6 Å². The van der Waals surface area contributed by atoms with Crippen molar-refractivity contribution in [3.63, 3.8) is 0 Å². The SMILES string of the molecule is O=C(O)CCC(Cc1ccccc1)NC(=O)NC1(CO)CCCC1. The van der Waals surface area contributed by atoms with Gasteiger partial charge in [-0.3, -0.25) is 4.79 Å². The quantitative estimate of drug-likeness (QED) is 0.585. The third-order valence-electron chi connectivity index (χ3n) is 4.61. The van der Waals surface area contributed by atoms with Gasteiger partial charge in [-0.15, -0.1) is 0 Å². The maximum absolute atomic E-state index is 12.3. The standard InChI is InChI=1S/C18H26N2O4/c21-13-18(10-4-5-11-18)20-17(24)19-15(8-9-16(22)23)12-14-6-2-1-3-7-14/h1-3,6-7,15,21H,4-5,8-13H2,(H,22,23)(H2,19,20,24). The van der Waals surface area contributed by atoms with Crippen molar-refractivity contribution in [2.24, 2.45) is 0 Å². The van der Waals surface area contributed by atoms with Gasteiger partial charge in [0, 0.05) is 12.5 Å². The van der Waals surface area contributed by atoms with Crippen molar-refractivity contribution < 1.29 is 19.8 Å². The Balaban J connectivity index is 1.95. The first-order valence-corrected chi connectivity index (χ1v) is 8.48. The molecule has 1 aliphatic carbocycles. The van der Waals surface area contributed by atoms with Crippen LogP contribution >= 0.6 is 0 Å². The normalized spacial score (nSPS) is 17.2. The highest BCUT2D eigenvalue weighted by atomic mass is 16.4. The average molecular weight is 334 g/mol. The van der Waals surface area contributed by atoms with Crippen molar-refractivity contribution >= 4 is 12.0 Å². The lowest BCUT2D eigenvalue weighted by molar-refractivity contribution is -0.137. The molecule has 1 fully saturated rings. The molecule has 6 nitrogen and oxygen atoms in total. The van der Waals surface area contributed by atoms with Crippen molar-refractivity contribution in [2.75, 3.05) is 6.61 Å². The van der Waals surface area contributed by atoms with Crippen molar-refractivity contribution in [3.8, 4) is 0 Å². The highest BCUT2D eigenvalue weighted by molar-refractivity contribution is 5.75. The molecular formula is C18H26N2O4. The van der Waals surface area contributed by atoms with Gasteiger partial charge in [0.1, 0.15) is 0 Å². The maximum atomic E-state index is 12.3. The summed E-state index contributed by atoms with van der Waals surface area (Å²) in [5.41, 5.74) is 0.514. The first-order chi connectivity index (χ1) is 11.5. The van der Waals surface area contributed by atoms with Crippen LogP contribution in [0.4, 0.5) is 4.79 Å². The number of aliphatic carboxylic acids is 1. The molecule has 1 aromatic carbocycles. The number of carbonyl (C=O) groups is 2. The summed E-state index contributed by atoms with van der Waals surface area (Å²) in [6.45, 7) is -0.0705. The Kier molecular flexibility index (Phi) is 6.61. The van der Waals surface area contributed by atoms with Crippen molar-refractivity contribution in [2.45, 2.75) is 56.5 Å². The second-order valence-electron chi connectivity index (χ2n) is 6.56. The number of rotatable bonds is 8. The summed E-state index contributed by atoms with van der Waals surface area (Å²) in [6, 6.07) is 9.07. The average Bonchev–Trinajstić information content (AvgIpc) is 3.02. The van der Waals surface area contributed by atoms with Crippen LogP contribution in [0.25, 0.3) is 0 Å². The highest BCUT2D eigenvalue weighted by Crippen LogP contribution is 2.29. The predicted molar refractivity (Wildman–Crippen MR) is 90.8 cm³/mol. The Bertz CT molecular complexity index is 541. The molecule has 0 bridgehead atoms. The number of benzene rings is 1. The number of hydrogen-bond donors (Lipinski definition) is 4. The number of aliphatic hydroxyl groups is 1. The molecule has 0 radical (unpaired) electrons. The van der Waals surface area contributed by atoms with Gasteiger partial charge in [-0.25, -0.2) is 4.79 Å². The zero-order chi connectivity index (χ0) is 17.4. The third-order valence-corrected chi connectivity index (χ3v) is 4.61. The molecule has 2 rings (SSSR count). The monoisotopic (exact) mass is 334 g/mol. The Hall–Kier alpha value is -2.08. The van der Waals surface area contributed by atoms with Crippen molar-refractivity contribution in [1.29, 1.82) is 0 Å². The number of aliphatic hydroxyl groups excluding tert-OH is 1. The lowest BCUT2D eigenvalue weighted by Crippen LogP contribution is -2.55. The summed E-state index contributed by atoms with van der Waals surface area (Å²) in [5.74, 6) is -0.877. The molecule has 1 atom stereocenters. The van der Waals surface area contributed by atoms with E-state index in [1.165, 1.54) is 0 Å². The number of urea groups is 1. The lowest BCUT2D eigenvalue weighted by Gasteiger charge is -2.29. The molecule has 1 unspecified atom stereocenters. The van der Waals surface area contributed by atoms with Gasteiger partial charge in [0.05, 0.1) is 12.1 Å². The van der Waals surface area contributed by atoms with Gasteiger partial charge in [0.25, 0.3) is 0 Å². The lowest BCUT2D eigenvalue weighted by atomic mass is 9.99. The van der Waals surface area contributed by atoms with Crippen LogP contribution in [0.15, 0.2) is 30.3 Å². The second kappa shape index (κ2) is 8.68. The minimum Gasteiger partial charge on any atom is -0.481 e. The Morgan fingerprint density at radius 1 is 1.17 bits per heavy atom. The van der Waals surface area contributed by atoms with Gasteiger partial charge < -0.3 is 20.8 Å². The predicted octanol–water partition coefficient (Wildman–Crippen LogP) is 2.07. The van der Waals surface area contributed by atoms with Crippen molar-refractivity contribution in [3.05, 3.63) is 35.9 Å². The molecule has 0 aliphatic heterocycles. The molecule has 1 saturated carbocycles. The van der Waals surface area contributed by atoms with Gasteiger partial charge in [0.15, 0.2) is 0 Å². The van der Waals surface area contributed by atoms with Crippen LogP contribution in [-0.2, 0) is 11.2 Å². The smallest absolute Gasteiger partial charge is 0.315 e. The summed E-state index contributed by atoms with van der Waals surface area (Å²) >= 11 is 0. The molecule has 2 amide bonds. The van der Waals surface area contributed by atoms with E-state index in [9.17, 15) is 14.7 Å². The number of carbonyl (C=O) groups excluding carboxylic acids is 1. The van der Waals surface area contributed by atoms with Crippen LogP contribution in [-0.4, -0.2) is 40.4 Å². The summed E-state index contributed by atoms with van der Waals surface area (Å²) in [4.78, 5) is 23.2. The first-order valence-electron chi connectivity index (χ1n) is 8.48. The number of carboxylic acids is 1. The summed E-state index contributed by atoms with van der Waals surface area (Å²) < 4.78 is 0. The van der Waals surface area contributed by atoms with E-state index < -0.39 is 11.5 Å². The van der Waals surface area contributed by atoms with E-state index in [4.69, 9.17) is 5.11 Å². The number of amides is 2. The fraction of sp³-hybridized carbons (Fsp3) is 0.556. The third kappa shape index (κ3) is 5.53. The van der Waals surface area contributed by atoms with E-state index in [1.54, 1.807) is 0 Å². The maximum Gasteiger partial charge on any atom is 0.315 e. The van der Waals surface area contributed by atoms with E-state index in [0.717, 1.165) is 31.2 Å². The summed E-state index contributed by atoms with van der Waals surface area (Å²) in [7, 11) is 0. The highest BCUT2D eigenvalue weighted by Gasteiger charge is 2.35. The molecule has 6 heteroatoms. The molecule has 0 aromatic heterocycles. The Morgan fingerprint density at radius 3 is 2.42 bits per heavy atom. The second-order valence-corrected chi connectivity index (χ2v) is 6.56. The number of nitrogens with one attached hydrogen (secondary N) is 2. The zero-order valence-corrected chi connectivity index (χ0v) is 13.8. The Labute approximate surface area is 142 Å². The van der Waals surface area contributed by atoms with Crippen LogP contribution in [0.1, 0.15) is 44.1 Å². The number of hydrogen-bond acceptors (Lipinski definition) is 3. The molecule has 1 aliphatic rings. The largest absolute Gasteiger partial charge is 0.481 e. The van der Waals surface area contributed by atoms with Gasteiger partial charge in [-0.05, 0) is 31.2 Å².